The van der Waals surface area contributed by atoms with Gasteiger partial charge in [-0.2, -0.15) is 0 Å². The van der Waals surface area contributed by atoms with Crippen LogP contribution in [-0.2, 0) is 115 Å². The summed E-state index contributed by atoms with van der Waals surface area (Å²) in [5.41, 5.74) is 10.6. The molecule has 16 heteroatoms. The number of rotatable bonds is 6. The Morgan fingerprint density at radius 2 is 0.641 bits per heavy atom. The van der Waals surface area contributed by atoms with Crippen molar-refractivity contribution in [1.29, 1.82) is 0 Å². The summed E-state index contributed by atoms with van der Waals surface area (Å²) in [5, 5.41) is 32.0. The van der Waals surface area contributed by atoms with Crippen molar-refractivity contribution in [2.24, 2.45) is 0 Å². The second kappa shape index (κ2) is 47.1. The van der Waals surface area contributed by atoms with Crippen molar-refractivity contribution in [2.45, 2.75) is 55.4 Å². The van der Waals surface area contributed by atoms with Crippen LogP contribution in [0.4, 0.5) is 0 Å². The number of nitrogens with zero attached hydrogens (tertiary/aromatic N) is 5. The molecule has 5 heterocycles. The van der Waals surface area contributed by atoms with Crippen molar-refractivity contribution < 1.29 is 130 Å². The molecule has 0 aliphatic carbocycles. The van der Waals surface area contributed by atoms with E-state index in [2.05, 4.69) is 130 Å². The maximum absolute atomic E-state index is 10.0. The first-order chi connectivity index (χ1) is 42.0. The van der Waals surface area contributed by atoms with Gasteiger partial charge in [0.2, 0.25) is 0 Å². The van der Waals surface area contributed by atoms with Gasteiger partial charge in [-0.15, -0.1) is 177 Å². The maximum atomic E-state index is 10.0. The number of hydrogen-bond donors (Lipinski definition) is 3. The van der Waals surface area contributed by atoms with E-state index in [9.17, 15) is 14.4 Å². The Kier molecular flexibility index (Phi) is 43.2. The number of ketones is 3. The monoisotopic (exact) mass is 2110 g/mol. The zero-order chi connectivity index (χ0) is 62.8. The molecule has 12 rings (SSSR count). The Hall–Kier alpha value is -7.79. The molecule has 0 atom stereocenters. The van der Waals surface area contributed by atoms with Crippen LogP contribution < -0.4 is 0 Å². The van der Waals surface area contributed by atoms with E-state index in [0.717, 1.165) is 55.6 Å². The van der Waals surface area contributed by atoms with Crippen LogP contribution in [0.2, 0.25) is 0 Å². The largest absolute Gasteiger partial charge is 0.512 e. The van der Waals surface area contributed by atoms with Crippen molar-refractivity contribution in [3.8, 4) is 33.8 Å². The zero-order valence-electron chi connectivity index (χ0n) is 51.6. The van der Waals surface area contributed by atoms with Crippen molar-refractivity contribution in [1.82, 2.24) is 24.9 Å². The molecule has 12 aromatic rings. The van der Waals surface area contributed by atoms with Crippen molar-refractivity contribution >= 4 is 60.7 Å². The molecule has 483 valence electrons. The van der Waals surface area contributed by atoms with E-state index in [4.69, 9.17) is 15.3 Å². The number of hydrogen-bond acceptors (Lipinski definition) is 11. The first-order valence-electron chi connectivity index (χ1n) is 27.6. The van der Waals surface area contributed by atoms with Crippen LogP contribution in [0.25, 0.3) is 77.1 Å². The fraction of sp³-hybridized carbons (Fsp3) is 0.105. The molecule has 0 bridgehead atoms. The van der Waals surface area contributed by atoms with Crippen molar-refractivity contribution in [3.05, 3.63) is 308 Å². The minimum Gasteiger partial charge on any atom is -0.512 e. The molecule has 0 saturated carbocycles. The van der Waals surface area contributed by atoms with Gasteiger partial charge in [-0.25, -0.2) is 0 Å². The zero-order valence-corrected chi connectivity index (χ0v) is 63.6. The van der Waals surface area contributed by atoms with Gasteiger partial charge in [-0.05, 0) is 111 Å². The van der Waals surface area contributed by atoms with Gasteiger partial charge >= 0.3 is 0 Å². The fourth-order valence-electron chi connectivity index (χ4n) is 7.79. The van der Waals surface area contributed by atoms with E-state index in [-0.39, 0.29) is 135 Å². The molecule has 0 fully saturated rings. The summed E-state index contributed by atoms with van der Waals surface area (Å²) in [6.07, 6.45) is 12.5. The molecule has 5 radical (unpaired) electrons. The number of aryl methyl sites for hydroxylation is 2. The number of pyridine rings is 5. The average Bonchev–Trinajstić information content (AvgIpc) is 0.888. The van der Waals surface area contributed by atoms with Crippen LogP contribution in [0, 0.1) is 44.2 Å². The summed E-state index contributed by atoms with van der Waals surface area (Å²) >= 11 is 0. The average molecular weight is 2110 g/mol. The van der Waals surface area contributed by atoms with E-state index in [0.29, 0.717) is 0 Å². The maximum Gasteiger partial charge on any atom is 0.155 e. The number of fused-ring (bicyclic) bond motifs is 6. The second-order valence-corrected chi connectivity index (χ2v) is 19.2. The van der Waals surface area contributed by atoms with Gasteiger partial charge in [0, 0.05) is 150 Å². The second-order valence-electron chi connectivity index (χ2n) is 19.2. The standard InChI is InChI=1S/2C13H8N.2C12H10N.C11H8N.3C5H8O2.5Ir/c2*1-2-6-12-10(4-1)7-8-11-5-3-9-14-13(11)12;2*1-10-5-7-11(8-6-10)12-4-2-3-9-13-12;1-2-6-10(7-3-1)11-8-4-5-9-12-11;3*1-4(6)3-5(2)7;;;;;/h2*1-5,7-9H;2*2-7,9H,1H3;1-6,8-9H;3*3,6H,1-2H3;;;;;/q5*-1;;;;;;;;. The van der Waals surface area contributed by atoms with Gasteiger partial charge in [0.25, 0.3) is 0 Å². The minimum absolute atomic E-state index is 0. The van der Waals surface area contributed by atoms with E-state index < -0.39 is 0 Å². The van der Waals surface area contributed by atoms with Gasteiger partial charge < -0.3 is 40.2 Å². The van der Waals surface area contributed by atoms with Gasteiger partial charge in [0.05, 0.1) is 17.3 Å². The summed E-state index contributed by atoms with van der Waals surface area (Å²) in [5.74, 6) is -0.187. The normalized spacial score (nSPS) is 9.98. The molecule has 0 spiro atoms. The fourth-order valence-corrected chi connectivity index (χ4v) is 7.79. The van der Waals surface area contributed by atoms with E-state index in [1.165, 1.54) is 92.4 Å². The van der Waals surface area contributed by atoms with E-state index >= 15 is 0 Å². The number of allylic oxidation sites excluding steroid dienone is 6. The van der Waals surface area contributed by atoms with E-state index in [1.54, 1.807) is 18.6 Å². The van der Waals surface area contributed by atoms with Crippen LogP contribution in [-0.4, -0.2) is 57.6 Å². The summed E-state index contributed by atoms with van der Waals surface area (Å²) < 4.78 is 0. The van der Waals surface area contributed by atoms with E-state index in [1.807, 2.05) is 152 Å². The van der Waals surface area contributed by atoms with Gasteiger partial charge in [0.1, 0.15) is 0 Å². The van der Waals surface area contributed by atoms with Crippen LogP contribution >= 0.6 is 0 Å². The van der Waals surface area contributed by atoms with Crippen LogP contribution in [0.15, 0.2) is 267 Å². The molecule has 92 heavy (non-hydrogen) atoms. The molecule has 0 aliphatic rings. The smallest absolute Gasteiger partial charge is 0.155 e. The molecule has 11 nitrogen and oxygen atoms in total. The van der Waals surface area contributed by atoms with Crippen molar-refractivity contribution in [3.63, 3.8) is 0 Å². The van der Waals surface area contributed by atoms with Crippen LogP contribution in [0.5, 0.6) is 0 Å². The summed E-state index contributed by atoms with van der Waals surface area (Å²) in [7, 11) is 0. The summed E-state index contributed by atoms with van der Waals surface area (Å²) in [6.45, 7) is 12.7. The Labute approximate surface area is 607 Å². The summed E-state index contributed by atoms with van der Waals surface area (Å²) in [6, 6.07) is 82.1. The third-order valence-corrected chi connectivity index (χ3v) is 11.5. The first kappa shape index (κ1) is 84.2. The Morgan fingerprint density at radius 3 is 0.924 bits per heavy atom. The Bertz CT molecular complexity index is 3750. The SMILES string of the molecule is CC(=O)C=C(C)O.CC(=O)C=C(C)O.CC(=O)C=C(C)O.Cc1c[c-]c(-c2ccccn2)cc1.Cc1c[c-]c(-c2ccccn2)cc1.[Ir].[Ir].[Ir].[Ir].[Ir].[c-]1cccc2ccc3cccnc3c12.[c-]1cccc2ccc3cccnc3c12.[c-]1ccccc1-c1ccccn1. The molecule has 0 aliphatic heterocycles. The van der Waals surface area contributed by atoms with Crippen molar-refractivity contribution in [2.75, 3.05) is 0 Å². The van der Waals surface area contributed by atoms with Gasteiger partial charge in [-0.3, -0.25) is 14.4 Å². The molecule has 0 saturated heterocycles. The van der Waals surface area contributed by atoms with Crippen LogP contribution in [0.3, 0.4) is 0 Å². The predicted octanol–water partition coefficient (Wildman–Crippen LogP) is 17.7. The number of aromatic nitrogens is 5. The molecule has 3 N–H and O–H groups in total. The number of benzene rings is 7. The quantitative estimate of drug-likeness (QED) is 0.0625. The number of aliphatic hydroxyl groups excluding tert-OH is 3. The molecular formula is C76H68Ir5N5O6-5. The molecule has 0 unspecified atom stereocenters. The van der Waals surface area contributed by atoms with Crippen LogP contribution in [0.1, 0.15) is 52.7 Å². The molecule has 0 amide bonds. The minimum atomic E-state index is -0.125. The summed E-state index contributed by atoms with van der Waals surface area (Å²) in [4.78, 5) is 51.5. The Morgan fingerprint density at radius 1 is 0.326 bits per heavy atom. The molecule has 7 aromatic carbocycles. The molecule has 5 aromatic heterocycles. The van der Waals surface area contributed by atoms with Gasteiger partial charge in [0.15, 0.2) is 17.3 Å². The Balaban J connectivity index is 0.00000104. The first-order valence-corrected chi connectivity index (χ1v) is 27.6. The number of carbonyl (C=O) groups excluding carboxylic acids is 3. The topological polar surface area (TPSA) is 176 Å². The number of aliphatic hydroxyl groups is 3. The predicted molar refractivity (Wildman–Crippen MR) is 352 cm³/mol. The molecular weight excluding hydrogens is 2040 g/mol. The third-order valence-electron chi connectivity index (χ3n) is 11.5. The number of carbonyl (C=O) groups is 3. The third kappa shape index (κ3) is 32.0. The van der Waals surface area contributed by atoms with Gasteiger partial charge in [-0.1, -0.05) is 86.6 Å².